The molecule has 0 radical (unpaired) electrons. The number of esters is 1. The van der Waals surface area contributed by atoms with Crippen molar-refractivity contribution in [1.82, 2.24) is 10.6 Å². The summed E-state index contributed by atoms with van der Waals surface area (Å²) in [5, 5.41) is 17.4. The summed E-state index contributed by atoms with van der Waals surface area (Å²) in [6.45, 7) is 5.76. The monoisotopic (exact) mass is 363 g/mol. The molecule has 1 aromatic heterocycles. The molecule has 0 saturated heterocycles. The Morgan fingerprint density at radius 2 is 2.04 bits per heavy atom. The molecule has 1 atom stereocenters. The maximum absolute atomic E-state index is 11.7. The highest BCUT2D eigenvalue weighted by Crippen LogP contribution is 2.29. The summed E-state index contributed by atoms with van der Waals surface area (Å²) in [6.07, 6.45) is -0.655. The lowest BCUT2D eigenvalue weighted by Gasteiger charge is -2.20. The number of carbonyl (C=O) groups excluding carboxylic acids is 1. The van der Waals surface area contributed by atoms with Crippen molar-refractivity contribution in [1.29, 1.82) is 0 Å². The van der Waals surface area contributed by atoms with Crippen LogP contribution in [0.2, 0.25) is 0 Å². The lowest BCUT2D eigenvalue weighted by atomic mass is 10.2. The Morgan fingerprint density at radius 1 is 1.32 bits per heavy atom. The number of fused-ring (bicyclic) bond motifs is 1. The van der Waals surface area contributed by atoms with Gasteiger partial charge in [-0.25, -0.2) is 0 Å². The zero-order chi connectivity index (χ0) is 18.4. The van der Waals surface area contributed by atoms with Crippen LogP contribution in [0.3, 0.4) is 0 Å². The quantitative estimate of drug-likeness (QED) is 0.432. The molecule has 7 heteroatoms. The van der Waals surface area contributed by atoms with E-state index in [1.807, 2.05) is 51.1 Å². The second kappa shape index (κ2) is 8.31. The van der Waals surface area contributed by atoms with Gasteiger partial charge in [-0.1, -0.05) is 18.2 Å². The van der Waals surface area contributed by atoms with Gasteiger partial charge < -0.3 is 20.5 Å². The van der Waals surface area contributed by atoms with Crippen molar-refractivity contribution >= 4 is 33.4 Å². The number of ether oxygens (including phenoxy) is 1. The van der Waals surface area contributed by atoms with E-state index >= 15 is 0 Å². The smallest absolute Gasteiger partial charge is 0.325 e. The fraction of sp³-hybridized carbons (Fsp3) is 0.444. The second-order valence-electron chi connectivity index (χ2n) is 6.60. The third kappa shape index (κ3) is 6.03. The first-order valence-electron chi connectivity index (χ1n) is 8.11. The third-order valence-electron chi connectivity index (χ3n) is 3.28. The number of aliphatic hydroxyl groups excluding tert-OH is 1. The topological polar surface area (TPSA) is 83.0 Å². The van der Waals surface area contributed by atoms with Crippen LogP contribution in [-0.4, -0.2) is 42.8 Å². The zero-order valence-corrected chi connectivity index (χ0v) is 15.8. The van der Waals surface area contributed by atoms with Crippen LogP contribution in [0.15, 0.2) is 35.3 Å². The first-order valence-corrected chi connectivity index (χ1v) is 8.93. The van der Waals surface area contributed by atoms with E-state index in [4.69, 9.17) is 4.74 Å². The Morgan fingerprint density at radius 3 is 2.68 bits per heavy atom. The number of nitrogens with one attached hydrogen (secondary N) is 2. The minimum absolute atomic E-state index is 0.00985. The first-order chi connectivity index (χ1) is 11.8. The second-order valence-corrected chi connectivity index (χ2v) is 7.71. The number of hydrogen-bond acceptors (Lipinski definition) is 5. The molecule has 0 spiro atoms. The van der Waals surface area contributed by atoms with E-state index in [1.165, 1.54) is 0 Å². The molecule has 25 heavy (non-hydrogen) atoms. The Balaban J connectivity index is 1.84. The van der Waals surface area contributed by atoms with Crippen LogP contribution in [0.4, 0.5) is 0 Å². The fourth-order valence-corrected chi connectivity index (χ4v) is 3.27. The molecule has 1 aromatic carbocycles. The van der Waals surface area contributed by atoms with Gasteiger partial charge in [-0.05, 0) is 38.3 Å². The number of benzene rings is 1. The number of nitrogens with zero attached hydrogens (tertiary/aromatic N) is 1. The minimum atomic E-state index is -0.655. The van der Waals surface area contributed by atoms with Crippen LogP contribution in [0.25, 0.3) is 10.1 Å². The van der Waals surface area contributed by atoms with Gasteiger partial charge in [0.2, 0.25) is 0 Å². The summed E-state index contributed by atoms with van der Waals surface area (Å²) in [7, 11) is 1.61. The molecule has 1 unspecified atom stereocenters. The molecule has 0 aliphatic carbocycles. The van der Waals surface area contributed by atoms with E-state index in [1.54, 1.807) is 18.4 Å². The Hall–Kier alpha value is -2.12. The number of hydrogen-bond donors (Lipinski definition) is 3. The SMILES string of the molecule is CN=C(NCC(=O)OC(C)(C)C)NCC(O)c1cc2ccccc2s1. The van der Waals surface area contributed by atoms with Gasteiger partial charge in [-0.3, -0.25) is 9.79 Å². The van der Waals surface area contributed by atoms with E-state index in [9.17, 15) is 9.90 Å². The molecular formula is C18H25N3O3S. The number of guanidine groups is 1. The fourth-order valence-electron chi connectivity index (χ4n) is 2.21. The molecular weight excluding hydrogens is 338 g/mol. The molecule has 0 saturated carbocycles. The van der Waals surface area contributed by atoms with Crippen molar-refractivity contribution in [2.75, 3.05) is 20.1 Å². The van der Waals surface area contributed by atoms with Crippen LogP contribution < -0.4 is 10.6 Å². The largest absolute Gasteiger partial charge is 0.459 e. The summed E-state index contributed by atoms with van der Waals surface area (Å²) in [4.78, 5) is 16.7. The van der Waals surface area contributed by atoms with Crippen molar-refractivity contribution in [3.05, 3.63) is 35.2 Å². The molecule has 0 fully saturated rings. The predicted molar refractivity (Wildman–Crippen MR) is 102 cm³/mol. The van der Waals surface area contributed by atoms with Crippen LogP contribution in [0.5, 0.6) is 0 Å². The molecule has 136 valence electrons. The minimum Gasteiger partial charge on any atom is -0.459 e. The van der Waals surface area contributed by atoms with Gasteiger partial charge in [0, 0.05) is 23.2 Å². The van der Waals surface area contributed by atoms with Crippen molar-refractivity contribution in [3.8, 4) is 0 Å². The van der Waals surface area contributed by atoms with Gasteiger partial charge in [-0.15, -0.1) is 11.3 Å². The molecule has 1 heterocycles. The lowest BCUT2D eigenvalue weighted by molar-refractivity contribution is -0.153. The van der Waals surface area contributed by atoms with Gasteiger partial charge in [0.15, 0.2) is 5.96 Å². The number of carbonyl (C=O) groups is 1. The number of rotatable bonds is 5. The Bertz CT molecular complexity index is 716. The Kier molecular flexibility index (Phi) is 6.39. The normalized spacial score (nSPS) is 13.6. The van der Waals surface area contributed by atoms with Crippen LogP contribution in [0, 0.1) is 0 Å². The molecule has 0 amide bonds. The average molecular weight is 363 g/mol. The molecule has 2 rings (SSSR count). The molecule has 2 aromatic rings. The van der Waals surface area contributed by atoms with E-state index < -0.39 is 11.7 Å². The molecule has 0 bridgehead atoms. The first kappa shape index (κ1) is 19.2. The standard InChI is InChI=1S/C18H25N3O3S/c1-18(2,3)24-16(23)11-21-17(19-4)20-10-13(22)15-9-12-7-5-6-8-14(12)25-15/h5-9,13,22H,10-11H2,1-4H3,(H2,19,20,21). The van der Waals surface area contributed by atoms with E-state index in [2.05, 4.69) is 15.6 Å². The van der Waals surface area contributed by atoms with Crippen molar-refractivity contribution in [3.63, 3.8) is 0 Å². The van der Waals surface area contributed by atoms with Crippen LogP contribution in [0.1, 0.15) is 31.8 Å². The van der Waals surface area contributed by atoms with Crippen molar-refractivity contribution < 1.29 is 14.6 Å². The summed E-state index contributed by atoms with van der Waals surface area (Å²) < 4.78 is 6.37. The molecule has 0 aliphatic heterocycles. The molecule has 3 N–H and O–H groups in total. The Labute approximate surface area is 151 Å². The summed E-state index contributed by atoms with van der Waals surface area (Å²) >= 11 is 1.56. The summed E-state index contributed by atoms with van der Waals surface area (Å²) in [5.74, 6) is 0.0755. The van der Waals surface area contributed by atoms with Gasteiger partial charge >= 0.3 is 5.97 Å². The molecule has 6 nitrogen and oxygen atoms in total. The maximum Gasteiger partial charge on any atom is 0.325 e. The van der Waals surface area contributed by atoms with Crippen molar-refractivity contribution in [2.45, 2.75) is 32.5 Å². The lowest BCUT2D eigenvalue weighted by Crippen LogP contribution is -2.42. The van der Waals surface area contributed by atoms with E-state index in [-0.39, 0.29) is 12.5 Å². The van der Waals surface area contributed by atoms with E-state index in [0.717, 1.165) is 15.0 Å². The highest BCUT2D eigenvalue weighted by Gasteiger charge is 2.17. The van der Waals surface area contributed by atoms with Crippen LogP contribution in [-0.2, 0) is 9.53 Å². The maximum atomic E-state index is 11.7. The van der Waals surface area contributed by atoms with Gasteiger partial charge in [0.25, 0.3) is 0 Å². The van der Waals surface area contributed by atoms with Crippen LogP contribution >= 0.6 is 11.3 Å². The number of thiophene rings is 1. The predicted octanol–water partition coefficient (Wildman–Crippen LogP) is 2.44. The highest BCUT2D eigenvalue weighted by atomic mass is 32.1. The van der Waals surface area contributed by atoms with Gasteiger partial charge in [0.1, 0.15) is 18.2 Å². The van der Waals surface area contributed by atoms with E-state index in [0.29, 0.717) is 12.5 Å². The summed E-state index contributed by atoms with van der Waals surface area (Å²) in [6, 6.07) is 10.0. The summed E-state index contributed by atoms with van der Waals surface area (Å²) in [5.41, 5.74) is -0.521. The molecule has 0 aliphatic rings. The van der Waals surface area contributed by atoms with Gasteiger partial charge in [0.05, 0.1) is 0 Å². The van der Waals surface area contributed by atoms with Gasteiger partial charge in [-0.2, -0.15) is 0 Å². The number of aliphatic hydroxyl groups is 1. The van der Waals surface area contributed by atoms with Crippen molar-refractivity contribution in [2.24, 2.45) is 4.99 Å². The zero-order valence-electron chi connectivity index (χ0n) is 15.0. The third-order valence-corrected chi connectivity index (χ3v) is 4.50. The number of aliphatic imine (C=N–C) groups is 1. The average Bonchev–Trinajstić information content (AvgIpc) is 2.97. The highest BCUT2D eigenvalue weighted by molar-refractivity contribution is 7.19.